The van der Waals surface area contributed by atoms with E-state index in [1.54, 1.807) is 0 Å². The number of piperidine rings is 1. The summed E-state index contributed by atoms with van der Waals surface area (Å²) in [4.78, 5) is 20.4. The molecule has 5 nitrogen and oxygen atoms in total. The first kappa shape index (κ1) is 17.8. The van der Waals surface area contributed by atoms with Gasteiger partial charge in [0.25, 0.3) is 5.56 Å². The standard InChI is InChI=1S/C23H29N3O2/c27-14-13-26-16-23(19-7-3-4-8-20(19)26)9-11-25(12-10-23)21-15-17-5-1-2-6-18(17)22(28)24-21/h3-4,7-8,15,27H,1-2,5-6,9-14,16H2,(H,24,28). The van der Waals surface area contributed by atoms with E-state index in [0.717, 1.165) is 63.1 Å². The molecule has 0 saturated carbocycles. The number of aromatic amines is 1. The molecular formula is C23H29N3O2. The molecule has 28 heavy (non-hydrogen) atoms. The minimum absolute atomic E-state index is 0.118. The summed E-state index contributed by atoms with van der Waals surface area (Å²) >= 11 is 0. The van der Waals surface area contributed by atoms with Crippen molar-refractivity contribution >= 4 is 11.5 Å². The Kier molecular flexibility index (Phi) is 4.43. The summed E-state index contributed by atoms with van der Waals surface area (Å²) in [5.74, 6) is 0.999. The third-order valence-corrected chi connectivity index (χ3v) is 7.08. The van der Waals surface area contributed by atoms with Crippen molar-refractivity contribution in [2.24, 2.45) is 0 Å². The Hall–Kier alpha value is -2.27. The number of rotatable bonds is 3. The number of para-hydroxylation sites is 1. The monoisotopic (exact) mass is 379 g/mol. The number of hydrogen-bond donors (Lipinski definition) is 2. The van der Waals surface area contributed by atoms with Crippen LogP contribution in [0.5, 0.6) is 0 Å². The Labute approximate surface area is 166 Å². The Morgan fingerprint density at radius 1 is 1.11 bits per heavy atom. The molecule has 0 radical (unpaired) electrons. The van der Waals surface area contributed by atoms with Crippen LogP contribution in [-0.4, -0.2) is 42.9 Å². The summed E-state index contributed by atoms with van der Waals surface area (Å²) in [7, 11) is 0. The van der Waals surface area contributed by atoms with Gasteiger partial charge in [-0.25, -0.2) is 0 Å². The van der Waals surface area contributed by atoms with Gasteiger partial charge in [0.2, 0.25) is 0 Å². The predicted molar refractivity (Wildman–Crippen MR) is 113 cm³/mol. The van der Waals surface area contributed by atoms with E-state index < -0.39 is 0 Å². The highest BCUT2D eigenvalue weighted by Crippen LogP contribution is 2.47. The zero-order valence-corrected chi connectivity index (χ0v) is 16.4. The van der Waals surface area contributed by atoms with E-state index in [1.165, 1.54) is 23.2 Å². The molecule has 1 fully saturated rings. The number of nitrogens with one attached hydrogen (secondary N) is 1. The lowest BCUT2D eigenvalue weighted by Crippen LogP contribution is -2.46. The van der Waals surface area contributed by atoms with Crippen molar-refractivity contribution in [2.45, 2.75) is 43.9 Å². The number of aryl methyl sites for hydroxylation is 1. The quantitative estimate of drug-likeness (QED) is 0.861. The van der Waals surface area contributed by atoms with Gasteiger partial charge < -0.3 is 19.9 Å². The summed E-state index contributed by atoms with van der Waals surface area (Å²) in [5.41, 5.74) is 5.26. The van der Waals surface area contributed by atoms with Crippen molar-refractivity contribution in [3.05, 3.63) is 57.4 Å². The Morgan fingerprint density at radius 3 is 2.71 bits per heavy atom. The highest BCUT2D eigenvalue weighted by Gasteiger charge is 2.44. The predicted octanol–water partition coefficient (Wildman–Crippen LogP) is 2.60. The molecule has 0 unspecified atom stereocenters. The van der Waals surface area contributed by atoms with Crippen LogP contribution in [0, 0.1) is 0 Å². The van der Waals surface area contributed by atoms with Gasteiger partial charge in [-0.1, -0.05) is 18.2 Å². The molecule has 2 N–H and O–H groups in total. The van der Waals surface area contributed by atoms with Gasteiger partial charge >= 0.3 is 0 Å². The summed E-state index contributed by atoms with van der Waals surface area (Å²) < 4.78 is 0. The molecule has 1 aromatic heterocycles. The van der Waals surface area contributed by atoms with Crippen LogP contribution in [0.3, 0.4) is 0 Å². The zero-order chi connectivity index (χ0) is 19.1. The molecule has 1 aromatic carbocycles. The molecule has 5 heteroatoms. The fourth-order valence-electron chi connectivity index (χ4n) is 5.57. The number of aliphatic hydroxyl groups is 1. The van der Waals surface area contributed by atoms with Crippen molar-refractivity contribution in [1.82, 2.24) is 4.98 Å². The van der Waals surface area contributed by atoms with Gasteiger partial charge in [-0.3, -0.25) is 4.79 Å². The average molecular weight is 380 g/mol. The molecule has 1 saturated heterocycles. The highest BCUT2D eigenvalue weighted by molar-refractivity contribution is 5.63. The first-order chi connectivity index (χ1) is 13.7. The summed E-state index contributed by atoms with van der Waals surface area (Å²) in [6, 6.07) is 10.9. The number of H-pyrrole nitrogens is 1. The molecule has 2 aliphatic heterocycles. The third-order valence-electron chi connectivity index (χ3n) is 7.08. The average Bonchev–Trinajstić information content (AvgIpc) is 3.02. The lowest BCUT2D eigenvalue weighted by molar-refractivity contribution is 0.294. The number of hydrogen-bond acceptors (Lipinski definition) is 4. The van der Waals surface area contributed by atoms with E-state index in [9.17, 15) is 9.90 Å². The normalized spacial score (nSPS) is 20.3. The molecule has 5 rings (SSSR count). The Bertz CT molecular complexity index is 928. The van der Waals surface area contributed by atoms with Crippen LogP contribution in [-0.2, 0) is 18.3 Å². The van der Waals surface area contributed by atoms with Crippen molar-refractivity contribution in [2.75, 3.05) is 42.6 Å². The number of β-amino-alcohol motifs (C(OH)–C–C–N with tert-alkyl or cyclic N) is 1. The maximum absolute atomic E-state index is 12.5. The number of anilines is 2. The largest absolute Gasteiger partial charge is 0.395 e. The van der Waals surface area contributed by atoms with Crippen LogP contribution in [0.4, 0.5) is 11.5 Å². The second-order valence-corrected chi connectivity index (χ2v) is 8.62. The molecule has 148 valence electrons. The Morgan fingerprint density at radius 2 is 1.89 bits per heavy atom. The second kappa shape index (κ2) is 6.96. The van der Waals surface area contributed by atoms with E-state index in [0.29, 0.717) is 6.54 Å². The van der Waals surface area contributed by atoms with E-state index in [1.807, 2.05) is 0 Å². The molecule has 1 aliphatic carbocycles. The summed E-state index contributed by atoms with van der Waals surface area (Å²) in [6.07, 6.45) is 6.43. The van der Waals surface area contributed by atoms with E-state index in [2.05, 4.69) is 45.1 Å². The molecule has 0 atom stereocenters. The fourth-order valence-corrected chi connectivity index (χ4v) is 5.57. The molecular weight excluding hydrogens is 350 g/mol. The van der Waals surface area contributed by atoms with Gasteiger partial charge in [0.15, 0.2) is 0 Å². The number of nitrogens with zero attached hydrogens (tertiary/aromatic N) is 2. The van der Waals surface area contributed by atoms with Gasteiger partial charge in [0, 0.05) is 42.8 Å². The molecule has 0 amide bonds. The number of pyridine rings is 1. The lowest BCUT2D eigenvalue weighted by atomic mass is 9.74. The maximum atomic E-state index is 12.5. The Balaban J connectivity index is 1.39. The van der Waals surface area contributed by atoms with E-state index in [-0.39, 0.29) is 17.6 Å². The van der Waals surface area contributed by atoms with Crippen LogP contribution in [0.2, 0.25) is 0 Å². The topological polar surface area (TPSA) is 59.6 Å². The SMILES string of the molecule is O=c1[nH]c(N2CCC3(CC2)CN(CCO)c2ccccc23)cc2c1CCCC2. The molecule has 3 heterocycles. The van der Waals surface area contributed by atoms with E-state index >= 15 is 0 Å². The zero-order valence-electron chi connectivity index (χ0n) is 16.4. The first-order valence-corrected chi connectivity index (χ1v) is 10.7. The third kappa shape index (κ3) is 2.84. The lowest BCUT2D eigenvalue weighted by Gasteiger charge is -2.41. The molecule has 2 aromatic rings. The molecule has 1 spiro atoms. The minimum Gasteiger partial charge on any atom is -0.395 e. The highest BCUT2D eigenvalue weighted by atomic mass is 16.3. The second-order valence-electron chi connectivity index (χ2n) is 8.62. The van der Waals surface area contributed by atoms with Crippen LogP contribution < -0.4 is 15.4 Å². The summed E-state index contributed by atoms with van der Waals surface area (Å²) in [5, 5.41) is 9.47. The van der Waals surface area contributed by atoms with Crippen molar-refractivity contribution in [3.8, 4) is 0 Å². The fraction of sp³-hybridized carbons (Fsp3) is 0.522. The van der Waals surface area contributed by atoms with Crippen molar-refractivity contribution in [3.63, 3.8) is 0 Å². The van der Waals surface area contributed by atoms with Crippen LogP contribution in [0.15, 0.2) is 35.1 Å². The number of aliphatic hydroxyl groups excluding tert-OH is 1. The molecule has 3 aliphatic rings. The smallest absolute Gasteiger partial charge is 0.252 e. The maximum Gasteiger partial charge on any atom is 0.252 e. The summed E-state index contributed by atoms with van der Waals surface area (Å²) in [6.45, 7) is 3.78. The van der Waals surface area contributed by atoms with Crippen LogP contribution >= 0.6 is 0 Å². The van der Waals surface area contributed by atoms with Crippen molar-refractivity contribution < 1.29 is 5.11 Å². The van der Waals surface area contributed by atoms with Gasteiger partial charge in [-0.05, 0) is 61.8 Å². The molecule has 0 bridgehead atoms. The number of benzene rings is 1. The first-order valence-electron chi connectivity index (χ1n) is 10.7. The van der Waals surface area contributed by atoms with Crippen molar-refractivity contribution in [1.29, 1.82) is 0 Å². The van der Waals surface area contributed by atoms with E-state index in [4.69, 9.17) is 0 Å². The number of fused-ring (bicyclic) bond motifs is 3. The minimum atomic E-state index is 0.118. The van der Waals surface area contributed by atoms with Crippen LogP contribution in [0.25, 0.3) is 0 Å². The van der Waals surface area contributed by atoms with Gasteiger partial charge in [-0.2, -0.15) is 0 Å². The van der Waals surface area contributed by atoms with Gasteiger partial charge in [0.05, 0.1) is 6.61 Å². The van der Waals surface area contributed by atoms with Gasteiger partial charge in [-0.15, -0.1) is 0 Å². The van der Waals surface area contributed by atoms with Crippen LogP contribution in [0.1, 0.15) is 42.4 Å². The van der Waals surface area contributed by atoms with Gasteiger partial charge in [0.1, 0.15) is 5.82 Å². The number of aromatic nitrogens is 1.